The summed E-state index contributed by atoms with van der Waals surface area (Å²) in [5, 5.41) is 5.17. The molecule has 1 amide bonds. The second-order valence-electron chi connectivity index (χ2n) is 6.39. The monoisotopic (exact) mass is 350 g/mol. The van der Waals surface area contributed by atoms with Crippen LogP contribution in [0.3, 0.4) is 0 Å². The first-order valence-electron chi connectivity index (χ1n) is 8.24. The Morgan fingerprint density at radius 2 is 2.00 bits per heavy atom. The van der Waals surface area contributed by atoms with Crippen molar-refractivity contribution < 1.29 is 8.98 Å². The van der Waals surface area contributed by atoms with Gasteiger partial charge in [-0.05, 0) is 60.0 Å². The van der Waals surface area contributed by atoms with Gasteiger partial charge in [0.15, 0.2) is 0 Å². The van der Waals surface area contributed by atoms with Crippen LogP contribution in [0.4, 0.5) is 5.69 Å². The van der Waals surface area contributed by atoms with Gasteiger partial charge in [-0.3, -0.25) is 9.78 Å². The fraction of sp³-hybridized carbons (Fsp3) is 0.200. The molecule has 4 nitrogen and oxygen atoms in total. The molecule has 1 heterocycles. The molecule has 2 atom stereocenters. The molecule has 0 unspecified atom stereocenters. The van der Waals surface area contributed by atoms with Crippen LogP contribution in [-0.2, 0) is 15.6 Å². The van der Waals surface area contributed by atoms with E-state index in [0.29, 0.717) is 12.5 Å². The maximum absolute atomic E-state index is 12.5. The van der Waals surface area contributed by atoms with E-state index < -0.39 is 0 Å². The van der Waals surface area contributed by atoms with E-state index in [-0.39, 0.29) is 11.8 Å². The number of fused-ring (bicyclic) bond motifs is 1. The third-order valence-electron chi connectivity index (χ3n) is 4.67. The van der Waals surface area contributed by atoms with Crippen molar-refractivity contribution in [3.05, 3.63) is 72.1 Å². The molecule has 1 N–H and O–H groups in total. The average molecular weight is 350 g/mol. The molecule has 0 saturated heterocycles. The lowest BCUT2D eigenvalue weighted by Gasteiger charge is -2.07. The third kappa shape index (κ3) is 3.52. The number of anilines is 1. The van der Waals surface area contributed by atoms with Gasteiger partial charge in [0, 0.05) is 29.4 Å². The van der Waals surface area contributed by atoms with Gasteiger partial charge >= 0.3 is 0 Å². The minimum absolute atomic E-state index is 0.0418. The summed E-state index contributed by atoms with van der Waals surface area (Å²) in [6.07, 6.45) is 4.47. The predicted octanol–water partition coefficient (Wildman–Crippen LogP) is 4.34. The molecular formula is C20H18N2O2S. The molecule has 126 valence electrons. The van der Waals surface area contributed by atoms with Gasteiger partial charge < -0.3 is 9.50 Å². The number of hydrogen-bond acceptors (Lipinski definition) is 4. The highest BCUT2D eigenvalue weighted by atomic mass is 32.1. The molecule has 0 aliphatic heterocycles. The maximum Gasteiger partial charge on any atom is 0.228 e. The van der Waals surface area contributed by atoms with Crippen LogP contribution in [0.5, 0.6) is 0 Å². The molecule has 1 fully saturated rings. The highest BCUT2D eigenvalue weighted by molar-refractivity contribution is 7.75. The second-order valence-corrected chi connectivity index (χ2v) is 6.65. The van der Waals surface area contributed by atoms with E-state index >= 15 is 0 Å². The zero-order chi connectivity index (χ0) is 17.2. The molecule has 0 spiro atoms. The number of pyridine rings is 1. The standard InChI is InChI=1S/C20H18N2O2S/c23-20(22-17-6-5-16-11-21-8-7-15(16)9-17)19-10-18(19)14-3-1-13(2-4-14)12-24-25/h1-9,11,18-19,25H,10,12H2,(H,22,23)/t18-,19+/m0/s1. The van der Waals surface area contributed by atoms with Gasteiger partial charge in [-0.15, -0.1) is 0 Å². The minimum atomic E-state index is 0.0418. The molecule has 1 aromatic heterocycles. The Balaban J connectivity index is 1.41. The van der Waals surface area contributed by atoms with Crippen LogP contribution in [0.1, 0.15) is 23.5 Å². The Kier molecular flexibility index (Phi) is 4.42. The Hall–Kier alpha value is -2.37. The SMILES string of the molecule is O=C(Nc1ccc2cnccc2c1)[C@@H]1C[C@H]1c1ccc(COS)cc1. The van der Waals surface area contributed by atoms with Crippen molar-refractivity contribution in [3.8, 4) is 0 Å². The Bertz CT molecular complexity index is 911. The molecule has 2 aromatic carbocycles. The van der Waals surface area contributed by atoms with Crippen molar-refractivity contribution in [2.24, 2.45) is 5.92 Å². The van der Waals surface area contributed by atoms with Crippen LogP contribution in [0.25, 0.3) is 10.8 Å². The smallest absolute Gasteiger partial charge is 0.228 e. The number of nitrogens with one attached hydrogen (secondary N) is 1. The van der Waals surface area contributed by atoms with Crippen molar-refractivity contribution in [1.29, 1.82) is 0 Å². The summed E-state index contributed by atoms with van der Waals surface area (Å²) in [7, 11) is 0. The third-order valence-corrected chi connectivity index (χ3v) is 4.80. The van der Waals surface area contributed by atoms with Gasteiger partial charge in [-0.2, -0.15) is 0 Å². The number of hydrogen-bond donors (Lipinski definition) is 2. The number of carbonyl (C=O) groups excluding carboxylic acids is 1. The van der Waals surface area contributed by atoms with Crippen molar-refractivity contribution in [3.63, 3.8) is 0 Å². The van der Waals surface area contributed by atoms with E-state index in [2.05, 4.69) is 35.3 Å². The van der Waals surface area contributed by atoms with E-state index in [4.69, 9.17) is 4.18 Å². The Labute approximate surface area is 151 Å². The summed E-state index contributed by atoms with van der Waals surface area (Å²) in [4.78, 5) is 16.6. The van der Waals surface area contributed by atoms with E-state index in [9.17, 15) is 4.79 Å². The summed E-state index contributed by atoms with van der Waals surface area (Å²) in [5.74, 6) is 0.428. The number of carbonyl (C=O) groups is 1. The fourth-order valence-electron chi connectivity index (χ4n) is 3.18. The molecular weight excluding hydrogens is 332 g/mol. The zero-order valence-corrected chi connectivity index (χ0v) is 14.4. The molecule has 25 heavy (non-hydrogen) atoms. The molecule has 5 heteroatoms. The van der Waals surface area contributed by atoms with E-state index in [1.807, 2.05) is 42.6 Å². The van der Waals surface area contributed by atoms with Gasteiger partial charge in [0.2, 0.25) is 5.91 Å². The molecule has 1 saturated carbocycles. The number of rotatable bonds is 5. The number of aromatic nitrogens is 1. The summed E-state index contributed by atoms with van der Waals surface area (Å²) >= 11 is 3.77. The topological polar surface area (TPSA) is 51.2 Å². The zero-order valence-electron chi connectivity index (χ0n) is 13.6. The highest BCUT2D eigenvalue weighted by Crippen LogP contribution is 2.48. The van der Waals surface area contributed by atoms with Crippen molar-refractivity contribution in [2.45, 2.75) is 18.9 Å². The van der Waals surface area contributed by atoms with Gasteiger partial charge in [0.25, 0.3) is 0 Å². The Morgan fingerprint density at radius 1 is 1.16 bits per heavy atom. The highest BCUT2D eigenvalue weighted by Gasteiger charge is 2.43. The molecule has 0 radical (unpaired) electrons. The maximum atomic E-state index is 12.5. The minimum Gasteiger partial charge on any atom is -0.326 e. The number of nitrogens with zero attached hydrogens (tertiary/aromatic N) is 1. The van der Waals surface area contributed by atoms with Crippen LogP contribution in [0.15, 0.2) is 60.9 Å². The fourth-order valence-corrected chi connectivity index (χ4v) is 3.33. The summed E-state index contributed by atoms with van der Waals surface area (Å²) in [6, 6.07) is 16.0. The van der Waals surface area contributed by atoms with Crippen LogP contribution in [-0.4, -0.2) is 10.9 Å². The van der Waals surface area contributed by atoms with Crippen LogP contribution < -0.4 is 5.32 Å². The first kappa shape index (κ1) is 16.1. The summed E-state index contributed by atoms with van der Waals surface area (Å²) in [6.45, 7) is 0.482. The van der Waals surface area contributed by atoms with Crippen LogP contribution in [0, 0.1) is 5.92 Å². The second kappa shape index (κ2) is 6.86. The average Bonchev–Trinajstić information content (AvgIpc) is 3.43. The van der Waals surface area contributed by atoms with Crippen molar-refractivity contribution in [2.75, 3.05) is 5.32 Å². The summed E-state index contributed by atoms with van der Waals surface area (Å²) in [5.41, 5.74) is 3.11. The first-order chi connectivity index (χ1) is 12.2. The first-order valence-corrected chi connectivity index (χ1v) is 8.61. The Morgan fingerprint density at radius 3 is 2.80 bits per heavy atom. The lowest BCUT2D eigenvalue weighted by molar-refractivity contribution is -0.117. The van der Waals surface area contributed by atoms with Gasteiger partial charge in [0.1, 0.15) is 0 Å². The van der Waals surface area contributed by atoms with E-state index in [1.165, 1.54) is 5.56 Å². The van der Waals surface area contributed by atoms with E-state index in [0.717, 1.165) is 28.4 Å². The lowest BCUT2D eigenvalue weighted by atomic mass is 10.1. The van der Waals surface area contributed by atoms with Gasteiger partial charge in [-0.1, -0.05) is 30.3 Å². The number of thiol groups is 1. The van der Waals surface area contributed by atoms with Crippen LogP contribution >= 0.6 is 12.9 Å². The molecule has 1 aliphatic carbocycles. The molecule has 3 aromatic rings. The van der Waals surface area contributed by atoms with Gasteiger partial charge in [0.05, 0.1) is 6.61 Å². The largest absolute Gasteiger partial charge is 0.326 e. The summed E-state index contributed by atoms with van der Waals surface area (Å²) < 4.78 is 4.83. The van der Waals surface area contributed by atoms with E-state index in [1.54, 1.807) is 6.20 Å². The molecule has 4 rings (SSSR count). The number of amides is 1. The molecule has 1 aliphatic rings. The molecule has 0 bridgehead atoms. The lowest BCUT2D eigenvalue weighted by Crippen LogP contribution is -2.14. The van der Waals surface area contributed by atoms with Crippen molar-refractivity contribution in [1.82, 2.24) is 4.98 Å². The quantitative estimate of drug-likeness (QED) is 0.532. The number of benzene rings is 2. The van der Waals surface area contributed by atoms with Crippen LogP contribution in [0.2, 0.25) is 0 Å². The van der Waals surface area contributed by atoms with Gasteiger partial charge in [-0.25, -0.2) is 0 Å². The van der Waals surface area contributed by atoms with Crippen molar-refractivity contribution >= 4 is 35.3 Å². The normalized spacial score (nSPS) is 18.9. The predicted molar refractivity (Wildman–Crippen MR) is 101 cm³/mol.